The van der Waals surface area contributed by atoms with Crippen molar-refractivity contribution in [1.82, 2.24) is 9.13 Å². The molecule has 31 heavy (non-hydrogen) atoms. The van der Waals surface area contributed by atoms with Gasteiger partial charge in [0, 0.05) is 10.7 Å². The second-order valence-electron chi connectivity index (χ2n) is 7.50. The number of anilines is 1. The highest BCUT2D eigenvalue weighted by Gasteiger charge is 2.18. The van der Waals surface area contributed by atoms with Crippen molar-refractivity contribution in [3.05, 3.63) is 90.4 Å². The lowest BCUT2D eigenvalue weighted by Crippen LogP contribution is -2.40. The molecule has 4 rings (SSSR count). The highest BCUT2D eigenvalue weighted by molar-refractivity contribution is 7.17. The Balaban J connectivity index is 1.82. The maximum atomic E-state index is 13.4. The Labute approximate surface area is 187 Å². The lowest BCUT2D eigenvalue weighted by molar-refractivity contribution is -0.116. The van der Waals surface area contributed by atoms with Gasteiger partial charge in [-0.1, -0.05) is 23.7 Å². The van der Waals surface area contributed by atoms with E-state index in [-0.39, 0.29) is 18.0 Å². The zero-order valence-corrected chi connectivity index (χ0v) is 18.8. The maximum absolute atomic E-state index is 13.4. The third-order valence-corrected chi connectivity index (χ3v) is 6.12. The van der Waals surface area contributed by atoms with Gasteiger partial charge in [-0.15, -0.1) is 11.3 Å². The Morgan fingerprint density at radius 3 is 2.45 bits per heavy atom. The molecule has 2 aromatic carbocycles. The number of nitrogens with zero attached hydrogens (tertiary/aromatic N) is 2. The van der Waals surface area contributed by atoms with Crippen LogP contribution in [0.15, 0.2) is 57.4 Å². The molecular weight excluding hydrogens is 434 g/mol. The Kier molecular flexibility index (Phi) is 5.56. The topological polar surface area (TPSA) is 73.1 Å². The number of fused-ring (bicyclic) bond motifs is 1. The first kappa shape index (κ1) is 21.1. The summed E-state index contributed by atoms with van der Waals surface area (Å²) in [5.74, 6) is -0.384. The molecule has 1 amide bonds. The van der Waals surface area contributed by atoms with Gasteiger partial charge in [-0.3, -0.25) is 14.2 Å². The molecule has 8 heteroatoms. The lowest BCUT2D eigenvalue weighted by atomic mass is 10.1. The van der Waals surface area contributed by atoms with E-state index in [1.54, 1.807) is 41.8 Å². The summed E-state index contributed by atoms with van der Waals surface area (Å²) in [6.07, 6.45) is 0. The van der Waals surface area contributed by atoms with Crippen molar-refractivity contribution in [1.29, 1.82) is 0 Å². The number of amides is 1. The molecule has 1 N–H and O–H groups in total. The average Bonchev–Trinajstić information content (AvgIpc) is 3.17. The summed E-state index contributed by atoms with van der Waals surface area (Å²) in [6.45, 7) is 5.44. The maximum Gasteiger partial charge on any atom is 0.336 e. The summed E-state index contributed by atoms with van der Waals surface area (Å²) in [7, 11) is 0. The van der Waals surface area contributed by atoms with Gasteiger partial charge >= 0.3 is 5.69 Å². The molecule has 2 aromatic heterocycles. The fourth-order valence-electron chi connectivity index (χ4n) is 3.61. The number of nitrogens with one attached hydrogen (secondary N) is 1. The number of hydrogen-bond donors (Lipinski definition) is 1. The molecule has 0 radical (unpaired) electrons. The van der Waals surface area contributed by atoms with Gasteiger partial charge in [0.05, 0.1) is 11.2 Å². The SMILES string of the molecule is Cc1cc(C)cc(-n2c(=O)c3sccc3n(CC(=O)Nc3cc(Cl)ccc3C)c2=O)c1. The van der Waals surface area contributed by atoms with E-state index in [0.717, 1.165) is 21.3 Å². The highest BCUT2D eigenvalue weighted by atomic mass is 35.5. The third kappa shape index (κ3) is 4.06. The van der Waals surface area contributed by atoms with Crippen LogP contribution in [0.1, 0.15) is 16.7 Å². The quantitative estimate of drug-likeness (QED) is 0.496. The van der Waals surface area contributed by atoms with Crippen LogP contribution in [0, 0.1) is 20.8 Å². The molecule has 0 fully saturated rings. The van der Waals surface area contributed by atoms with Crippen LogP contribution >= 0.6 is 22.9 Å². The van der Waals surface area contributed by atoms with Crippen molar-refractivity contribution in [3.8, 4) is 5.69 Å². The molecule has 6 nitrogen and oxygen atoms in total. The first-order valence-corrected chi connectivity index (χ1v) is 10.9. The number of aryl methyl sites for hydroxylation is 3. The zero-order chi connectivity index (χ0) is 22.3. The van der Waals surface area contributed by atoms with E-state index in [1.807, 2.05) is 26.8 Å². The Morgan fingerprint density at radius 1 is 1.03 bits per heavy atom. The molecule has 0 bridgehead atoms. The van der Waals surface area contributed by atoms with Crippen molar-refractivity contribution in [2.75, 3.05) is 5.32 Å². The fourth-order valence-corrected chi connectivity index (χ4v) is 4.61. The second kappa shape index (κ2) is 8.17. The normalized spacial score (nSPS) is 11.1. The van der Waals surface area contributed by atoms with Gasteiger partial charge in [-0.25, -0.2) is 9.36 Å². The predicted octanol–water partition coefficient (Wildman–Crippen LogP) is 4.43. The minimum Gasteiger partial charge on any atom is -0.324 e. The van der Waals surface area contributed by atoms with Gasteiger partial charge in [-0.2, -0.15) is 0 Å². The van der Waals surface area contributed by atoms with E-state index in [9.17, 15) is 14.4 Å². The summed E-state index contributed by atoms with van der Waals surface area (Å²) in [5.41, 5.74) is 3.30. The third-order valence-electron chi connectivity index (χ3n) is 4.99. The number of hydrogen-bond acceptors (Lipinski definition) is 4. The summed E-state index contributed by atoms with van der Waals surface area (Å²) < 4.78 is 2.89. The van der Waals surface area contributed by atoms with Crippen LogP contribution in [0.25, 0.3) is 15.9 Å². The lowest BCUT2D eigenvalue weighted by Gasteiger charge is -2.14. The molecule has 4 aromatic rings. The molecular formula is C23H20ClN3O3S. The van der Waals surface area contributed by atoms with E-state index >= 15 is 0 Å². The van der Waals surface area contributed by atoms with Crippen molar-refractivity contribution >= 4 is 44.7 Å². The van der Waals surface area contributed by atoms with E-state index in [2.05, 4.69) is 5.32 Å². The van der Waals surface area contributed by atoms with Crippen LogP contribution < -0.4 is 16.6 Å². The van der Waals surface area contributed by atoms with Gasteiger partial charge < -0.3 is 5.32 Å². The van der Waals surface area contributed by atoms with Crippen LogP contribution in [0.2, 0.25) is 5.02 Å². The second-order valence-corrected chi connectivity index (χ2v) is 8.85. The molecule has 0 aliphatic rings. The Hall–Kier alpha value is -3.16. The zero-order valence-electron chi connectivity index (χ0n) is 17.2. The van der Waals surface area contributed by atoms with E-state index in [4.69, 9.17) is 11.6 Å². The summed E-state index contributed by atoms with van der Waals surface area (Å²) in [4.78, 5) is 39.3. The molecule has 0 spiro atoms. The molecule has 158 valence electrons. The number of halogens is 1. The summed E-state index contributed by atoms with van der Waals surface area (Å²) in [5, 5.41) is 5.05. The Morgan fingerprint density at radius 2 is 1.74 bits per heavy atom. The molecule has 0 aliphatic heterocycles. The van der Waals surface area contributed by atoms with Crippen LogP contribution in [0.5, 0.6) is 0 Å². The minimum atomic E-state index is -0.557. The van der Waals surface area contributed by atoms with E-state index in [1.165, 1.54) is 15.9 Å². The van der Waals surface area contributed by atoms with Crippen molar-refractivity contribution in [2.45, 2.75) is 27.3 Å². The Bertz CT molecular complexity index is 1430. The highest BCUT2D eigenvalue weighted by Crippen LogP contribution is 2.21. The molecule has 0 aliphatic carbocycles. The first-order chi connectivity index (χ1) is 14.7. The fraction of sp³-hybridized carbons (Fsp3) is 0.174. The minimum absolute atomic E-state index is 0.233. The summed E-state index contributed by atoms with van der Waals surface area (Å²) >= 11 is 7.28. The molecule has 2 heterocycles. The largest absolute Gasteiger partial charge is 0.336 e. The number of rotatable bonds is 4. The molecule has 0 saturated carbocycles. The van der Waals surface area contributed by atoms with Crippen LogP contribution in [-0.2, 0) is 11.3 Å². The van der Waals surface area contributed by atoms with Crippen LogP contribution in [0.4, 0.5) is 5.69 Å². The number of thiophene rings is 1. The van der Waals surface area contributed by atoms with E-state index in [0.29, 0.717) is 26.6 Å². The number of carbonyl (C=O) groups is 1. The molecule has 0 saturated heterocycles. The van der Waals surface area contributed by atoms with Crippen molar-refractivity contribution < 1.29 is 4.79 Å². The number of benzene rings is 2. The molecule has 0 atom stereocenters. The van der Waals surface area contributed by atoms with Gasteiger partial charge in [0.15, 0.2) is 0 Å². The van der Waals surface area contributed by atoms with E-state index < -0.39 is 5.69 Å². The standard InChI is InChI=1S/C23H20ClN3O3S/c1-13-8-14(2)10-17(9-13)27-22(29)21-19(6-7-31-21)26(23(27)30)12-20(28)25-18-11-16(24)5-4-15(18)3/h4-11H,12H2,1-3H3,(H,25,28). The molecule has 0 unspecified atom stereocenters. The van der Waals surface area contributed by atoms with Crippen LogP contribution in [0.3, 0.4) is 0 Å². The predicted molar refractivity (Wildman–Crippen MR) is 126 cm³/mol. The van der Waals surface area contributed by atoms with Gasteiger partial charge in [0.1, 0.15) is 11.2 Å². The van der Waals surface area contributed by atoms with Gasteiger partial charge in [0.25, 0.3) is 5.56 Å². The van der Waals surface area contributed by atoms with Crippen molar-refractivity contribution in [3.63, 3.8) is 0 Å². The number of aromatic nitrogens is 2. The van der Waals surface area contributed by atoms with Gasteiger partial charge in [-0.05, 0) is 73.2 Å². The van der Waals surface area contributed by atoms with Crippen LogP contribution in [-0.4, -0.2) is 15.0 Å². The average molecular weight is 454 g/mol. The smallest absolute Gasteiger partial charge is 0.324 e. The van der Waals surface area contributed by atoms with Crippen molar-refractivity contribution in [2.24, 2.45) is 0 Å². The van der Waals surface area contributed by atoms with Gasteiger partial charge in [0.2, 0.25) is 5.91 Å². The summed E-state index contributed by atoms with van der Waals surface area (Å²) in [6, 6.07) is 12.4. The first-order valence-electron chi connectivity index (χ1n) is 9.62. The number of carbonyl (C=O) groups excluding carboxylic acids is 1. The monoisotopic (exact) mass is 453 g/mol.